The number of hydrogen-bond donors (Lipinski definition) is 1. The predicted octanol–water partition coefficient (Wildman–Crippen LogP) is 4.55. The maximum absolute atomic E-state index is 14.7. The summed E-state index contributed by atoms with van der Waals surface area (Å²) in [5.74, 6) is -2.02. The van der Waals surface area contributed by atoms with Gasteiger partial charge >= 0.3 is 0 Å². The first-order chi connectivity index (χ1) is 15.3. The number of aryl methyl sites for hydroxylation is 1. The van der Waals surface area contributed by atoms with Crippen molar-refractivity contribution in [3.8, 4) is 0 Å². The van der Waals surface area contributed by atoms with E-state index in [1.54, 1.807) is 6.07 Å². The van der Waals surface area contributed by atoms with E-state index >= 15 is 0 Å². The molecule has 4 rings (SSSR count). The van der Waals surface area contributed by atoms with Crippen molar-refractivity contribution in [2.24, 2.45) is 0 Å². The Kier molecular flexibility index (Phi) is 6.27. The first-order valence-corrected chi connectivity index (χ1v) is 11.0. The van der Waals surface area contributed by atoms with Gasteiger partial charge in [-0.2, -0.15) is 0 Å². The van der Waals surface area contributed by atoms with Crippen molar-refractivity contribution >= 4 is 46.3 Å². The Balaban J connectivity index is 1.47. The molecule has 2 aromatic carbocycles. The van der Waals surface area contributed by atoms with Crippen LogP contribution in [-0.4, -0.2) is 41.6 Å². The molecule has 32 heavy (non-hydrogen) atoms. The molecular formula is C23H21F2N3O3S. The lowest BCUT2D eigenvalue weighted by atomic mass is 10.1. The first-order valence-electron chi connectivity index (χ1n) is 10.2. The summed E-state index contributed by atoms with van der Waals surface area (Å²) < 4.78 is 27.7. The van der Waals surface area contributed by atoms with Crippen molar-refractivity contribution in [1.82, 2.24) is 4.90 Å². The minimum atomic E-state index is -0.613. The van der Waals surface area contributed by atoms with Crippen molar-refractivity contribution < 1.29 is 23.2 Å². The highest BCUT2D eigenvalue weighted by atomic mass is 32.2. The fourth-order valence-corrected chi connectivity index (χ4v) is 4.52. The lowest BCUT2D eigenvalue weighted by Gasteiger charge is -2.19. The molecule has 3 amide bonds. The number of carbonyl (C=O) groups is 3. The largest absolute Gasteiger partial charge is 0.369 e. The van der Waals surface area contributed by atoms with Gasteiger partial charge in [-0.05, 0) is 85.1 Å². The van der Waals surface area contributed by atoms with Gasteiger partial charge in [-0.15, -0.1) is 0 Å². The van der Waals surface area contributed by atoms with Crippen LogP contribution in [0, 0.1) is 18.6 Å². The molecular weight excluding hydrogens is 436 g/mol. The van der Waals surface area contributed by atoms with Crippen LogP contribution in [0.15, 0.2) is 41.3 Å². The van der Waals surface area contributed by atoms with Crippen LogP contribution in [0.3, 0.4) is 0 Å². The highest BCUT2D eigenvalue weighted by Gasteiger charge is 2.36. The van der Waals surface area contributed by atoms with Crippen LogP contribution >= 0.6 is 11.8 Å². The Morgan fingerprint density at radius 3 is 2.50 bits per heavy atom. The third kappa shape index (κ3) is 4.67. The van der Waals surface area contributed by atoms with Crippen molar-refractivity contribution in [2.75, 3.05) is 29.9 Å². The second-order valence-corrected chi connectivity index (χ2v) is 8.67. The fourth-order valence-electron chi connectivity index (χ4n) is 3.69. The number of halogens is 2. The van der Waals surface area contributed by atoms with Gasteiger partial charge in [0, 0.05) is 18.8 Å². The molecule has 2 aliphatic heterocycles. The molecule has 2 fully saturated rings. The summed E-state index contributed by atoms with van der Waals surface area (Å²) in [5.41, 5.74) is 2.19. The quantitative estimate of drug-likeness (QED) is 0.668. The first kappa shape index (κ1) is 22.0. The molecule has 0 radical (unpaired) electrons. The zero-order chi connectivity index (χ0) is 22.8. The lowest BCUT2D eigenvalue weighted by molar-refractivity contribution is -0.127. The number of anilines is 2. The van der Waals surface area contributed by atoms with E-state index in [0.717, 1.165) is 36.4 Å². The van der Waals surface area contributed by atoms with Crippen LogP contribution in [0.2, 0.25) is 0 Å². The van der Waals surface area contributed by atoms with E-state index in [1.165, 1.54) is 36.4 Å². The number of amides is 3. The molecule has 6 nitrogen and oxygen atoms in total. The zero-order valence-electron chi connectivity index (χ0n) is 17.4. The van der Waals surface area contributed by atoms with Gasteiger partial charge in [0.2, 0.25) is 5.91 Å². The van der Waals surface area contributed by atoms with Crippen molar-refractivity contribution in [1.29, 1.82) is 0 Å². The molecule has 0 spiro atoms. The molecule has 2 aromatic rings. The van der Waals surface area contributed by atoms with Crippen LogP contribution in [-0.2, 0) is 9.59 Å². The van der Waals surface area contributed by atoms with Crippen molar-refractivity contribution in [2.45, 2.75) is 19.8 Å². The van der Waals surface area contributed by atoms with Gasteiger partial charge < -0.3 is 10.2 Å². The van der Waals surface area contributed by atoms with Crippen molar-refractivity contribution in [3.05, 3.63) is 64.1 Å². The number of rotatable bonds is 5. The molecule has 2 saturated heterocycles. The van der Waals surface area contributed by atoms with E-state index in [1.807, 2.05) is 11.8 Å². The van der Waals surface area contributed by atoms with E-state index in [-0.39, 0.29) is 10.7 Å². The standard InChI is InChI=1S/C23H21F2N3O3S/c1-14-10-19(27-8-2-3-9-27)18(25)11-15(14)12-20-22(30)28(23(31)32-20)13-21(29)26-17-6-4-16(24)5-7-17/h4-7,10-12H,2-3,8-9,13H2,1H3,(H,26,29). The maximum atomic E-state index is 14.7. The molecule has 9 heteroatoms. The average Bonchev–Trinajstić information content (AvgIpc) is 3.37. The summed E-state index contributed by atoms with van der Waals surface area (Å²) in [5, 5.41) is 1.94. The molecule has 0 unspecified atom stereocenters. The van der Waals surface area contributed by atoms with Crippen LogP contribution < -0.4 is 10.2 Å². The highest BCUT2D eigenvalue weighted by Crippen LogP contribution is 2.34. The molecule has 2 heterocycles. The maximum Gasteiger partial charge on any atom is 0.294 e. The molecule has 0 bridgehead atoms. The third-order valence-corrected chi connectivity index (χ3v) is 6.28. The van der Waals surface area contributed by atoms with Crippen LogP contribution in [0.4, 0.5) is 25.0 Å². The molecule has 166 valence electrons. The topological polar surface area (TPSA) is 69.7 Å². The monoisotopic (exact) mass is 457 g/mol. The van der Waals surface area contributed by atoms with Gasteiger partial charge in [-0.1, -0.05) is 0 Å². The van der Waals surface area contributed by atoms with E-state index in [9.17, 15) is 23.2 Å². The van der Waals surface area contributed by atoms with Gasteiger partial charge in [0.05, 0.1) is 10.6 Å². The Bertz CT molecular complexity index is 1110. The van der Waals surface area contributed by atoms with Crippen LogP contribution in [0.1, 0.15) is 24.0 Å². The fraction of sp³-hybridized carbons (Fsp3) is 0.261. The third-order valence-electron chi connectivity index (χ3n) is 5.37. The number of hydrogen-bond acceptors (Lipinski definition) is 5. The number of nitrogens with zero attached hydrogens (tertiary/aromatic N) is 2. The minimum Gasteiger partial charge on any atom is -0.369 e. The number of imide groups is 1. The molecule has 1 N–H and O–H groups in total. The predicted molar refractivity (Wildman–Crippen MR) is 120 cm³/mol. The summed E-state index contributed by atoms with van der Waals surface area (Å²) in [6.07, 6.45) is 3.54. The van der Waals surface area contributed by atoms with E-state index in [0.29, 0.717) is 28.7 Å². The molecule has 0 aliphatic carbocycles. The lowest BCUT2D eigenvalue weighted by Crippen LogP contribution is -2.36. The van der Waals surface area contributed by atoms with Crippen molar-refractivity contribution in [3.63, 3.8) is 0 Å². The Hall–Kier alpha value is -3.20. The number of benzene rings is 2. The van der Waals surface area contributed by atoms with E-state index < -0.39 is 29.4 Å². The Morgan fingerprint density at radius 2 is 1.81 bits per heavy atom. The van der Waals surface area contributed by atoms with Gasteiger partial charge in [0.25, 0.3) is 11.1 Å². The SMILES string of the molecule is Cc1cc(N2CCCC2)c(F)cc1C=C1SC(=O)N(CC(=O)Nc2ccc(F)cc2)C1=O. The minimum absolute atomic E-state index is 0.126. The number of carbonyl (C=O) groups excluding carboxylic acids is 3. The van der Waals surface area contributed by atoms with Gasteiger partial charge in [0.15, 0.2) is 0 Å². The average molecular weight is 458 g/mol. The van der Waals surface area contributed by atoms with Gasteiger partial charge in [0.1, 0.15) is 18.2 Å². The summed E-state index contributed by atoms with van der Waals surface area (Å²) in [7, 11) is 0. The molecule has 0 atom stereocenters. The van der Waals surface area contributed by atoms with Gasteiger partial charge in [-0.25, -0.2) is 8.78 Å². The number of nitrogens with one attached hydrogen (secondary N) is 1. The van der Waals surface area contributed by atoms with Crippen LogP contribution in [0.5, 0.6) is 0 Å². The van der Waals surface area contributed by atoms with E-state index in [2.05, 4.69) is 5.32 Å². The normalized spacial score (nSPS) is 17.5. The molecule has 2 aliphatic rings. The second kappa shape index (κ2) is 9.12. The zero-order valence-corrected chi connectivity index (χ0v) is 18.2. The summed E-state index contributed by atoms with van der Waals surface area (Å²) >= 11 is 0.707. The number of thioether (sulfide) groups is 1. The van der Waals surface area contributed by atoms with Gasteiger partial charge in [-0.3, -0.25) is 19.3 Å². The Labute approximate surface area is 188 Å². The smallest absolute Gasteiger partial charge is 0.294 e. The molecule has 0 aromatic heterocycles. The highest BCUT2D eigenvalue weighted by molar-refractivity contribution is 8.18. The van der Waals surface area contributed by atoms with Crippen LogP contribution in [0.25, 0.3) is 6.08 Å². The second-order valence-electron chi connectivity index (χ2n) is 7.68. The Morgan fingerprint density at radius 1 is 1.12 bits per heavy atom. The summed E-state index contributed by atoms with van der Waals surface area (Å²) in [6.45, 7) is 2.98. The summed E-state index contributed by atoms with van der Waals surface area (Å²) in [6, 6.07) is 8.27. The van der Waals surface area contributed by atoms with E-state index in [4.69, 9.17) is 0 Å². The summed E-state index contributed by atoms with van der Waals surface area (Å²) in [4.78, 5) is 40.2. The molecule has 0 saturated carbocycles.